The number of rotatable bonds is 4. The molecule has 0 amide bonds. The van der Waals surface area contributed by atoms with Gasteiger partial charge >= 0.3 is 0 Å². The molecule has 29 heavy (non-hydrogen) atoms. The lowest BCUT2D eigenvalue weighted by molar-refractivity contribution is 0.505. The van der Waals surface area contributed by atoms with Gasteiger partial charge in [-0.05, 0) is 22.8 Å². The minimum absolute atomic E-state index is 0.455. The monoisotopic (exact) mass is 395 g/mol. The molecule has 0 radical (unpaired) electrons. The largest absolute Gasteiger partial charge is 0.298 e. The van der Waals surface area contributed by atoms with Crippen LogP contribution >= 0.6 is 11.6 Å². The summed E-state index contributed by atoms with van der Waals surface area (Å²) in [5.74, 6) is 0.793. The van der Waals surface area contributed by atoms with Gasteiger partial charge in [0.05, 0.1) is 11.9 Å². The van der Waals surface area contributed by atoms with Gasteiger partial charge in [0.2, 0.25) is 0 Å². The molecule has 3 aromatic carbocycles. The number of halogens is 1. The van der Waals surface area contributed by atoms with Gasteiger partial charge in [0.15, 0.2) is 0 Å². The van der Waals surface area contributed by atoms with E-state index in [2.05, 4.69) is 87.3 Å². The molecule has 2 heterocycles. The van der Waals surface area contributed by atoms with Crippen molar-refractivity contribution >= 4 is 11.6 Å². The van der Waals surface area contributed by atoms with Crippen LogP contribution in [0.1, 0.15) is 16.7 Å². The second-order valence-corrected chi connectivity index (χ2v) is 7.25. The molecule has 2 aliphatic rings. The Morgan fingerprint density at radius 3 is 1.59 bits per heavy atom. The first-order valence-electron chi connectivity index (χ1n) is 9.46. The Hall–Kier alpha value is -3.43. The van der Waals surface area contributed by atoms with Crippen LogP contribution in [0.2, 0.25) is 5.15 Å². The maximum Gasteiger partial charge on any atom is 0.145 e. The van der Waals surface area contributed by atoms with E-state index < -0.39 is 5.54 Å². The van der Waals surface area contributed by atoms with Gasteiger partial charge in [-0.15, -0.1) is 0 Å². The smallest absolute Gasteiger partial charge is 0.145 e. The summed E-state index contributed by atoms with van der Waals surface area (Å²) in [5.41, 5.74) is 3.55. The summed E-state index contributed by atoms with van der Waals surface area (Å²) >= 11 is 6.39. The molecule has 4 heteroatoms. The van der Waals surface area contributed by atoms with Gasteiger partial charge in [0.25, 0.3) is 0 Å². The molecular weight excluding hydrogens is 378 g/mol. The van der Waals surface area contributed by atoms with Crippen LogP contribution in [0.5, 0.6) is 0 Å². The van der Waals surface area contributed by atoms with Gasteiger partial charge < -0.3 is 0 Å². The number of hydrogen-bond donors (Lipinski definition) is 0. The highest BCUT2D eigenvalue weighted by Crippen LogP contribution is 2.43. The highest BCUT2D eigenvalue weighted by Gasteiger charge is 2.40. The van der Waals surface area contributed by atoms with Crippen LogP contribution < -0.4 is 0 Å². The summed E-state index contributed by atoms with van der Waals surface area (Å²) in [6.45, 7) is 0. The molecule has 0 saturated heterocycles. The minimum atomic E-state index is -0.652. The zero-order valence-corrected chi connectivity index (χ0v) is 16.4. The molecule has 0 fully saturated rings. The quantitative estimate of drug-likeness (QED) is 0.281. The van der Waals surface area contributed by atoms with E-state index in [9.17, 15) is 0 Å². The average molecular weight is 396 g/mol. The second-order valence-electron chi connectivity index (χ2n) is 6.90. The van der Waals surface area contributed by atoms with Crippen molar-refractivity contribution in [3.05, 3.63) is 131 Å². The van der Waals surface area contributed by atoms with Crippen molar-refractivity contribution in [1.29, 1.82) is 0 Å². The Balaban J connectivity index is 1.96. The van der Waals surface area contributed by atoms with E-state index in [0.29, 0.717) is 5.15 Å². The Morgan fingerprint density at radius 2 is 1.10 bits per heavy atom. The number of hydrogen-bond acceptors (Lipinski definition) is 2. The van der Waals surface area contributed by atoms with E-state index in [1.54, 1.807) is 12.5 Å². The molecule has 140 valence electrons. The van der Waals surface area contributed by atoms with Gasteiger partial charge in [-0.1, -0.05) is 103 Å². The molecule has 5 rings (SSSR count). The predicted octanol–water partition coefficient (Wildman–Crippen LogP) is 5.88. The average Bonchev–Trinajstić information content (AvgIpc) is 3.29. The van der Waals surface area contributed by atoms with Crippen LogP contribution in [-0.2, 0) is 5.54 Å². The first-order valence-corrected chi connectivity index (χ1v) is 9.84. The predicted molar refractivity (Wildman–Crippen MR) is 116 cm³/mol. The van der Waals surface area contributed by atoms with Crippen LogP contribution in [0.4, 0.5) is 0 Å². The van der Waals surface area contributed by atoms with E-state index in [1.165, 1.54) is 0 Å². The van der Waals surface area contributed by atoms with Crippen molar-refractivity contribution in [1.82, 2.24) is 14.5 Å². The molecule has 0 unspecified atom stereocenters. The molecule has 0 bridgehead atoms. The minimum Gasteiger partial charge on any atom is -0.298 e. The van der Waals surface area contributed by atoms with Crippen molar-refractivity contribution in [2.24, 2.45) is 0 Å². The first-order chi connectivity index (χ1) is 14.3. The fourth-order valence-corrected chi connectivity index (χ4v) is 4.30. The normalized spacial score (nSPS) is 11.6. The highest BCUT2D eigenvalue weighted by atomic mass is 35.5. The van der Waals surface area contributed by atoms with Crippen molar-refractivity contribution in [3.63, 3.8) is 0 Å². The number of nitrogens with zero attached hydrogens (tertiary/aromatic N) is 3. The second kappa shape index (κ2) is 7.19. The molecule has 3 aromatic rings. The maximum atomic E-state index is 6.39. The summed E-state index contributed by atoms with van der Waals surface area (Å²) in [6.07, 6.45) is 3.57. The fraction of sp³-hybridized carbons (Fsp3) is 0.0400. The molecule has 0 aliphatic carbocycles. The van der Waals surface area contributed by atoms with E-state index in [1.807, 2.05) is 24.3 Å². The summed E-state index contributed by atoms with van der Waals surface area (Å²) in [5, 5.41) is 0.455. The van der Waals surface area contributed by atoms with Crippen molar-refractivity contribution in [3.8, 4) is 11.4 Å². The summed E-state index contributed by atoms with van der Waals surface area (Å²) in [4.78, 5) is 9.17. The van der Waals surface area contributed by atoms with Gasteiger partial charge in [-0.25, -0.2) is 9.97 Å². The van der Waals surface area contributed by atoms with Gasteiger partial charge in [0, 0.05) is 6.20 Å². The van der Waals surface area contributed by atoms with Crippen molar-refractivity contribution in [2.45, 2.75) is 5.54 Å². The van der Waals surface area contributed by atoms with E-state index in [-0.39, 0.29) is 0 Å². The standard InChI is InChI=1S/C25H18ClN3/c26-23-22-16-17-27-24(22)29(18-28-23)25(19-10-4-1-5-11-19,20-12-6-2-7-13-20)21-14-8-3-9-15-21/h1-18H. The number of aromatic nitrogens is 3. The third-order valence-corrected chi connectivity index (χ3v) is 5.65. The molecule has 0 saturated carbocycles. The molecule has 0 aromatic heterocycles. The van der Waals surface area contributed by atoms with Crippen LogP contribution in [0, 0.1) is 0 Å². The topological polar surface area (TPSA) is 30.7 Å². The summed E-state index contributed by atoms with van der Waals surface area (Å²) in [6, 6.07) is 33.3. The summed E-state index contributed by atoms with van der Waals surface area (Å²) in [7, 11) is 0. The molecule has 0 spiro atoms. The van der Waals surface area contributed by atoms with E-state index in [4.69, 9.17) is 11.6 Å². The molecule has 3 nitrogen and oxygen atoms in total. The molecule has 2 aliphatic heterocycles. The Labute approximate surface area is 174 Å². The Bertz CT molecular complexity index is 1100. The Morgan fingerprint density at radius 1 is 0.621 bits per heavy atom. The molecule has 0 N–H and O–H groups in total. The zero-order valence-electron chi connectivity index (χ0n) is 15.6. The number of benzene rings is 3. The SMILES string of the molecule is Clc1ncn(C(c2ccccc2)(c2ccccc2)c2ccccc2)c2nccc1-2. The molecule has 0 atom stereocenters. The Kier molecular flexibility index (Phi) is 4.38. The van der Waals surface area contributed by atoms with Crippen molar-refractivity contribution < 1.29 is 0 Å². The van der Waals surface area contributed by atoms with E-state index >= 15 is 0 Å². The third-order valence-electron chi connectivity index (χ3n) is 5.35. The fourth-order valence-electron chi connectivity index (χ4n) is 4.11. The van der Waals surface area contributed by atoms with Crippen LogP contribution in [0.25, 0.3) is 11.4 Å². The van der Waals surface area contributed by atoms with Crippen molar-refractivity contribution in [2.75, 3.05) is 0 Å². The van der Waals surface area contributed by atoms with E-state index in [0.717, 1.165) is 28.1 Å². The maximum absolute atomic E-state index is 6.39. The van der Waals surface area contributed by atoms with Crippen LogP contribution in [0.3, 0.4) is 0 Å². The van der Waals surface area contributed by atoms with Gasteiger partial charge in [-0.3, -0.25) is 4.57 Å². The summed E-state index contributed by atoms with van der Waals surface area (Å²) < 4.78 is 2.13. The van der Waals surface area contributed by atoms with Crippen LogP contribution in [0.15, 0.2) is 110 Å². The lowest BCUT2D eigenvalue weighted by Crippen LogP contribution is -2.39. The van der Waals surface area contributed by atoms with Gasteiger partial charge in [0.1, 0.15) is 16.5 Å². The first kappa shape index (κ1) is 17.7. The van der Waals surface area contributed by atoms with Gasteiger partial charge in [-0.2, -0.15) is 0 Å². The lowest BCUT2D eigenvalue weighted by Gasteiger charge is -2.39. The zero-order chi connectivity index (χ0) is 19.7. The molecular formula is C25H18ClN3. The highest BCUT2D eigenvalue weighted by molar-refractivity contribution is 6.32. The number of fused-ring (bicyclic) bond motifs is 1. The lowest BCUT2D eigenvalue weighted by atomic mass is 9.76. The third kappa shape index (κ3) is 2.74. The van der Waals surface area contributed by atoms with Crippen LogP contribution in [-0.4, -0.2) is 14.5 Å².